The zero-order valence-electron chi connectivity index (χ0n) is 10.5. The second kappa shape index (κ2) is 6.00. The SMILES string of the molecule is CC(=O)N(CCCN)c1ccc(N)cc1S(=O)(=O)O. The molecule has 1 aromatic rings. The number of nitrogen functional groups attached to an aromatic ring is 1. The van der Waals surface area contributed by atoms with Crippen molar-refractivity contribution in [3.63, 3.8) is 0 Å². The maximum Gasteiger partial charge on any atom is 0.296 e. The summed E-state index contributed by atoms with van der Waals surface area (Å²) < 4.78 is 31.9. The van der Waals surface area contributed by atoms with Gasteiger partial charge in [0.05, 0.1) is 5.69 Å². The van der Waals surface area contributed by atoms with Crippen LogP contribution in [0.15, 0.2) is 23.1 Å². The molecule has 0 aromatic heterocycles. The highest BCUT2D eigenvalue weighted by Gasteiger charge is 2.22. The number of carbonyl (C=O) groups excluding carboxylic acids is 1. The molecule has 5 N–H and O–H groups in total. The van der Waals surface area contributed by atoms with Crippen LogP contribution in [0.4, 0.5) is 11.4 Å². The van der Waals surface area contributed by atoms with Crippen molar-refractivity contribution in [2.24, 2.45) is 5.73 Å². The summed E-state index contributed by atoms with van der Waals surface area (Å²) in [6, 6.07) is 3.96. The minimum absolute atomic E-state index is 0.0950. The topological polar surface area (TPSA) is 127 Å². The molecule has 19 heavy (non-hydrogen) atoms. The van der Waals surface area contributed by atoms with E-state index in [1.165, 1.54) is 24.0 Å². The number of carbonyl (C=O) groups is 1. The number of amides is 1. The van der Waals surface area contributed by atoms with Gasteiger partial charge < -0.3 is 16.4 Å². The van der Waals surface area contributed by atoms with Crippen LogP contribution in [0, 0.1) is 0 Å². The fraction of sp³-hybridized carbons (Fsp3) is 0.364. The molecule has 106 valence electrons. The van der Waals surface area contributed by atoms with Crippen LogP contribution in [0.3, 0.4) is 0 Å². The van der Waals surface area contributed by atoms with Gasteiger partial charge in [0, 0.05) is 19.2 Å². The summed E-state index contributed by atoms with van der Waals surface area (Å²) >= 11 is 0. The fourth-order valence-electron chi connectivity index (χ4n) is 1.66. The molecule has 0 heterocycles. The summed E-state index contributed by atoms with van der Waals surface area (Å²) in [6.07, 6.45) is 0.509. The van der Waals surface area contributed by atoms with E-state index in [0.29, 0.717) is 13.0 Å². The van der Waals surface area contributed by atoms with Crippen molar-refractivity contribution in [1.29, 1.82) is 0 Å². The van der Waals surface area contributed by atoms with Crippen molar-refractivity contribution in [2.75, 3.05) is 23.7 Å². The number of hydrogen-bond acceptors (Lipinski definition) is 5. The molecule has 0 radical (unpaired) electrons. The van der Waals surface area contributed by atoms with E-state index < -0.39 is 10.1 Å². The van der Waals surface area contributed by atoms with Gasteiger partial charge in [-0.2, -0.15) is 8.42 Å². The molecule has 8 heteroatoms. The number of nitrogens with zero attached hydrogens (tertiary/aromatic N) is 1. The normalized spacial score (nSPS) is 11.3. The lowest BCUT2D eigenvalue weighted by Crippen LogP contribution is -2.32. The first-order chi connectivity index (χ1) is 8.77. The Morgan fingerprint density at radius 2 is 2.05 bits per heavy atom. The lowest BCUT2D eigenvalue weighted by atomic mass is 10.2. The first-order valence-electron chi connectivity index (χ1n) is 5.62. The summed E-state index contributed by atoms with van der Waals surface area (Å²) in [7, 11) is -4.46. The quantitative estimate of drug-likeness (QED) is 0.525. The zero-order valence-corrected chi connectivity index (χ0v) is 11.4. The fourth-order valence-corrected chi connectivity index (χ4v) is 2.38. The molecule has 1 rings (SSSR count). The van der Waals surface area contributed by atoms with Crippen LogP contribution >= 0.6 is 0 Å². The van der Waals surface area contributed by atoms with Crippen molar-refractivity contribution in [3.8, 4) is 0 Å². The number of benzene rings is 1. The summed E-state index contributed by atoms with van der Waals surface area (Å²) in [4.78, 5) is 12.4. The van der Waals surface area contributed by atoms with Crippen molar-refractivity contribution in [3.05, 3.63) is 18.2 Å². The second-order valence-electron chi connectivity index (χ2n) is 4.02. The third-order valence-electron chi connectivity index (χ3n) is 2.52. The summed E-state index contributed by atoms with van der Waals surface area (Å²) in [6.45, 7) is 1.93. The van der Waals surface area contributed by atoms with Gasteiger partial charge in [0.25, 0.3) is 10.1 Å². The van der Waals surface area contributed by atoms with Gasteiger partial charge >= 0.3 is 0 Å². The van der Waals surface area contributed by atoms with Crippen molar-refractivity contribution < 1.29 is 17.8 Å². The van der Waals surface area contributed by atoms with Gasteiger partial charge in [-0.15, -0.1) is 0 Å². The van der Waals surface area contributed by atoms with E-state index in [1.54, 1.807) is 0 Å². The molecule has 0 saturated heterocycles. The third-order valence-corrected chi connectivity index (χ3v) is 3.40. The highest BCUT2D eigenvalue weighted by molar-refractivity contribution is 7.86. The number of rotatable bonds is 5. The van der Waals surface area contributed by atoms with Gasteiger partial charge in [-0.05, 0) is 31.2 Å². The van der Waals surface area contributed by atoms with E-state index in [1.807, 2.05) is 0 Å². The highest BCUT2D eigenvalue weighted by Crippen LogP contribution is 2.27. The van der Waals surface area contributed by atoms with Crippen molar-refractivity contribution >= 4 is 27.4 Å². The molecular weight excluding hydrogens is 270 g/mol. The summed E-state index contributed by atoms with van der Waals surface area (Å²) in [5.41, 5.74) is 11.2. The maximum absolute atomic E-state index is 11.6. The van der Waals surface area contributed by atoms with E-state index in [9.17, 15) is 17.8 Å². The van der Waals surface area contributed by atoms with E-state index in [4.69, 9.17) is 11.5 Å². The summed E-state index contributed by atoms with van der Waals surface area (Å²) in [5.74, 6) is -0.344. The molecule has 0 aliphatic rings. The van der Waals surface area contributed by atoms with Crippen LogP contribution in [-0.2, 0) is 14.9 Å². The van der Waals surface area contributed by atoms with Crippen LogP contribution in [0.25, 0.3) is 0 Å². The first kappa shape index (κ1) is 15.4. The van der Waals surface area contributed by atoms with E-state index in [-0.39, 0.29) is 28.7 Å². The van der Waals surface area contributed by atoms with Gasteiger partial charge in [-0.3, -0.25) is 9.35 Å². The Bertz CT molecular complexity index is 571. The maximum atomic E-state index is 11.6. The molecule has 0 spiro atoms. The molecule has 1 amide bonds. The van der Waals surface area contributed by atoms with Gasteiger partial charge in [0.2, 0.25) is 5.91 Å². The Labute approximate surface area is 111 Å². The van der Waals surface area contributed by atoms with Crippen LogP contribution < -0.4 is 16.4 Å². The predicted molar refractivity (Wildman–Crippen MR) is 72.4 cm³/mol. The molecule has 0 bridgehead atoms. The van der Waals surface area contributed by atoms with Gasteiger partial charge in [-0.1, -0.05) is 0 Å². The van der Waals surface area contributed by atoms with Crippen LogP contribution in [0.2, 0.25) is 0 Å². The van der Waals surface area contributed by atoms with Gasteiger partial charge in [-0.25, -0.2) is 0 Å². The lowest BCUT2D eigenvalue weighted by Gasteiger charge is -2.23. The average molecular weight is 287 g/mol. The Kier molecular flexibility index (Phi) is 4.87. The molecule has 0 atom stereocenters. The zero-order chi connectivity index (χ0) is 14.6. The smallest absolute Gasteiger partial charge is 0.296 e. The van der Waals surface area contributed by atoms with Gasteiger partial charge in [0.1, 0.15) is 4.90 Å². The standard InChI is InChI=1S/C11H17N3O4S/c1-8(15)14(6-2-5-12)10-4-3-9(13)7-11(10)19(16,17)18/h3-4,7H,2,5-6,12-13H2,1H3,(H,16,17,18). The first-order valence-corrected chi connectivity index (χ1v) is 7.06. The number of anilines is 2. The number of hydrogen-bond donors (Lipinski definition) is 3. The lowest BCUT2D eigenvalue weighted by molar-refractivity contribution is -0.116. The minimum atomic E-state index is -4.46. The highest BCUT2D eigenvalue weighted by atomic mass is 32.2. The largest absolute Gasteiger partial charge is 0.399 e. The molecule has 0 aliphatic heterocycles. The van der Waals surface area contributed by atoms with Crippen LogP contribution in [0.5, 0.6) is 0 Å². The average Bonchev–Trinajstić information content (AvgIpc) is 2.29. The molecule has 0 fully saturated rings. The van der Waals surface area contributed by atoms with Crippen molar-refractivity contribution in [2.45, 2.75) is 18.2 Å². The Balaban J connectivity index is 3.34. The van der Waals surface area contributed by atoms with E-state index in [2.05, 4.69) is 0 Å². The monoisotopic (exact) mass is 287 g/mol. The minimum Gasteiger partial charge on any atom is -0.399 e. The Morgan fingerprint density at radius 1 is 1.42 bits per heavy atom. The molecular formula is C11H17N3O4S. The molecule has 1 aromatic carbocycles. The van der Waals surface area contributed by atoms with Gasteiger partial charge in [0.15, 0.2) is 0 Å². The van der Waals surface area contributed by atoms with Crippen LogP contribution in [0.1, 0.15) is 13.3 Å². The van der Waals surface area contributed by atoms with E-state index >= 15 is 0 Å². The number of nitrogens with two attached hydrogens (primary N) is 2. The second-order valence-corrected chi connectivity index (χ2v) is 5.41. The van der Waals surface area contributed by atoms with Crippen LogP contribution in [-0.4, -0.2) is 32.0 Å². The van der Waals surface area contributed by atoms with E-state index in [0.717, 1.165) is 6.07 Å². The molecule has 0 unspecified atom stereocenters. The predicted octanol–water partition coefficient (Wildman–Crippen LogP) is 0.217. The summed E-state index contributed by atoms with van der Waals surface area (Å²) in [5, 5.41) is 0. The Morgan fingerprint density at radius 3 is 2.53 bits per heavy atom. The third kappa shape index (κ3) is 3.91. The molecule has 0 saturated carbocycles. The molecule has 7 nitrogen and oxygen atoms in total. The van der Waals surface area contributed by atoms with Crippen molar-refractivity contribution in [1.82, 2.24) is 0 Å². The Hall–Kier alpha value is -1.64. The molecule has 0 aliphatic carbocycles.